The molecule has 0 bridgehead atoms. The first-order chi connectivity index (χ1) is 11.6. The maximum absolute atomic E-state index is 12.5. The molecule has 2 rings (SSSR count). The van der Waals surface area contributed by atoms with Gasteiger partial charge in [0.05, 0.1) is 12.3 Å². The average Bonchev–Trinajstić information content (AvgIpc) is 2.61. The zero-order valence-electron chi connectivity index (χ0n) is 14.0. The Balaban J connectivity index is 2.06. The number of ether oxygens (including phenoxy) is 1. The number of benzene rings is 1. The highest BCUT2D eigenvalue weighted by Crippen LogP contribution is 2.14. The molecule has 0 spiro atoms. The molecule has 0 aliphatic rings. The van der Waals surface area contributed by atoms with Gasteiger partial charge in [-0.2, -0.15) is 5.26 Å². The first kappa shape index (κ1) is 17.5. The van der Waals surface area contributed by atoms with Crippen molar-refractivity contribution in [3.8, 4) is 11.8 Å². The van der Waals surface area contributed by atoms with Crippen LogP contribution in [0.15, 0.2) is 42.6 Å². The summed E-state index contributed by atoms with van der Waals surface area (Å²) in [4.78, 5) is 18.3. The highest BCUT2D eigenvalue weighted by Gasteiger charge is 2.15. The first-order valence-electron chi connectivity index (χ1n) is 7.94. The lowest BCUT2D eigenvalue weighted by Crippen LogP contribution is -2.32. The lowest BCUT2D eigenvalue weighted by Gasteiger charge is -2.19. The second-order valence-electron chi connectivity index (χ2n) is 5.51. The summed E-state index contributed by atoms with van der Waals surface area (Å²) in [5.41, 5.74) is 2.40. The number of hydrogen-bond donors (Lipinski definition) is 0. The molecular weight excluding hydrogens is 302 g/mol. The van der Waals surface area contributed by atoms with E-state index in [0.29, 0.717) is 24.5 Å². The molecule has 1 amide bonds. The van der Waals surface area contributed by atoms with Gasteiger partial charge in [-0.15, -0.1) is 0 Å². The number of carbonyl (C=O) groups excluding carboxylic acids is 1. The number of pyridine rings is 1. The maximum atomic E-state index is 12.5. The van der Waals surface area contributed by atoms with E-state index in [1.807, 2.05) is 50.2 Å². The van der Waals surface area contributed by atoms with Crippen LogP contribution in [0, 0.1) is 18.3 Å². The normalized spacial score (nSPS) is 10.0. The Bertz CT molecular complexity index is 720. The number of nitriles is 1. The Labute approximate surface area is 142 Å². The van der Waals surface area contributed by atoms with Gasteiger partial charge in [-0.25, -0.2) is 0 Å². The van der Waals surface area contributed by atoms with Crippen molar-refractivity contribution in [2.75, 3.05) is 13.1 Å². The van der Waals surface area contributed by atoms with E-state index in [4.69, 9.17) is 10.00 Å². The zero-order valence-corrected chi connectivity index (χ0v) is 14.0. The number of aryl methyl sites for hydroxylation is 1. The maximum Gasteiger partial charge on any atom is 0.254 e. The van der Waals surface area contributed by atoms with Crippen LogP contribution in [0.3, 0.4) is 0 Å². The van der Waals surface area contributed by atoms with Crippen LogP contribution in [-0.2, 0) is 6.61 Å². The molecule has 1 heterocycles. The number of hydrogen-bond acceptors (Lipinski definition) is 4. The fourth-order valence-corrected chi connectivity index (χ4v) is 2.29. The minimum atomic E-state index is -0.128. The van der Waals surface area contributed by atoms with Crippen LogP contribution in [-0.4, -0.2) is 28.9 Å². The third kappa shape index (κ3) is 4.82. The summed E-state index contributed by atoms with van der Waals surface area (Å²) in [5, 5.41) is 8.87. The van der Waals surface area contributed by atoms with Gasteiger partial charge in [-0.3, -0.25) is 9.78 Å². The van der Waals surface area contributed by atoms with Crippen molar-refractivity contribution in [2.24, 2.45) is 0 Å². The first-order valence-corrected chi connectivity index (χ1v) is 7.94. The van der Waals surface area contributed by atoms with Crippen molar-refractivity contribution in [1.82, 2.24) is 9.88 Å². The van der Waals surface area contributed by atoms with Crippen LogP contribution in [0.2, 0.25) is 0 Å². The number of nitrogens with zero attached hydrogens (tertiary/aromatic N) is 3. The minimum absolute atomic E-state index is 0.0996. The lowest BCUT2D eigenvalue weighted by molar-refractivity contribution is 0.0776. The molecule has 0 unspecified atom stereocenters. The van der Waals surface area contributed by atoms with Gasteiger partial charge in [-0.1, -0.05) is 19.1 Å². The lowest BCUT2D eigenvalue weighted by atomic mass is 10.1. The molecule has 24 heavy (non-hydrogen) atoms. The number of rotatable bonds is 7. The minimum Gasteiger partial charge on any atom is -0.487 e. The molecule has 0 aliphatic heterocycles. The third-order valence-electron chi connectivity index (χ3n) is 3.51. The van der Waals surface area contributed by atoms with Crippen molar-refractivity contribution in [3.63, 3.8) is 0 Å². The van der Waals surface area contributed by atoms with Gasteiger partial charge >= 0.3 is 0 Å². The molecule has 0 fully saturated rings. The van der Waals surface area contributed by atoms with Crippen molar-refractivity contribution < 1.29 is 9.53 Å². The summed E-state index contributed by atoms with van der Waals surface area (Å²) >= 11 is 0. The molecule has 1 aromatic heterocycles. The summed E-state index contributed by atoms with van der Waals surface area (Å²) in [6.45, 7) is 4.93. The average molecular weight is 323 g/mol. The molecule has 124 valence electrons. The number of carbonyl (C=O) groups is 1. The molecule has 1 aromatic carbocycles. The summed E-state index contributed by atoms with van der Waals surface area (Å²) in [7, 11) is 0. The Hall–Kier alpha value is -2.87. The SMILES string of the molecule is CCCN(CC#N)C(=O)c1cccc(COc2ccc(C)nc2)c1. The smallest absolute Gasteiger partial charge is 0.254 e. The molecular formula is C19H21N3O2. The van der Waals surface area contributed by atoms with Gasteiger partial charge in [0.1, 0.15) is 18.9 Å². The molecule has 0 N–H and O–H groups in total. The van der Waals surface area contributed by atoms with Crippen LogP contribution in [0.1, 0.15) is 35.0 Å². The topological polar surface area (TPSA) is 66.2 Å². The standard InChI is InChI=1S/C19H21N3O2/c1-3-10-22(11-9-20)19(23)17-6-4-5-16(12-17)14-24-18-8-7-15(2)21-13-18/h4-8,12-13H,3,10-11,14H2,1-2H3. The second-order valence-corrected chi connectivity index (χ2v) is 5.51. The molecule has 0 radical (unpaired) electrons. The highest BCUT2D eigenvalue weighted by atomic mass is 16.5. The predicted molar refractivity (Wildman–Crippen MR) is 91.6 cm³/mol. The van der Waals surface area contributed by atoms with E-state index in [-0.39, 0.29) is 12.5 Å². The van der Waals surface area contributed by atoms with E-state index in [1.54, 1.807) is 17.2 Å². The predicted octanol–water partition coefficient (Wildman–Crippen LogP) is 3.34. The zero-order chi connectivity index (χ0) is 17.4. The Morgan fingerprint density at radius 3 is 2.83 bits per heavy atom. The second kappa shape index (κ2) is 8.68. The third-order valence-corrected chi connectivity index (χ3v) is 3.51. The quantitative estimate of drug-likeness (QED) is 0.733. The van der Waals surface area contributed by atoms with E-state index < -0.39 is 0 Å². The Morgan fingerprint density at radius 1 is 1.33 bits per heavy atom. The van der Waals surface area contributed by atoms with E-state index in [2.05, 4.69) is 4.98 Å². The summed E-state index contributed by atoms with van der Waals surface area (Å²) in [5.74, 6) is 0.562. The summed E-state index contributed by atoms with van der Waals surface area (Å²) in [6, 6.07) is 13.1. The van der Waals surface area contributed by atoms with Crippen molar-refractivity contribution in [1.29, 1.82) is 5.26 Å². The van der Waals surface area contributed by atoms with Gasteiger partial charge in [0.25, 0.3) is 5.91 Å². The summed E-state index contributed by atoms with van der Waals surface area (Å²) < 4.78 is 5.70. The van der Waals surface area contributed by atoms with E-state index in [1.165, 1.54) is 0 Å². The van der Waals surface area contributed by atoms with Crippen LogP contribution >= 0.6 is 0 Å². The van der Waals surface area contributed by atoms with Crippen LogP contribution < -0.4 is 4.74 Å². The van der Waals surface area contributed by atoms with Crippen molar-refractivity contribution in [3.05, 3.63) is 59.4 Å². The van der Waals surface area contributed by atoms with Gasteiger partial charge < -0.3 is 9.64 Å². The summed E-state index contributed by atoms with van der Waals surface area (Å²) in [6.07, 6.45) is 2.50. The molecule has 5 heteroatoms. The van der Waals surface area contributed by atoms with Gasteiger partial charge in [-0.05, 0) is 43.2 Å². The van der Waals surface area contributed by atoms with Gasteiger partial charge in [0.15, 0.2) is 0 Å². The van der Waals surface area contributed by atoms with E-state index in [9.17, 15) is 4.79 Å². The highest BCUT2D eigenvalue weighted by molar-refractivity contribution is 5.94. The largest absolute Gasteiger partial charge is 0.487 e. The Morgan fingerprint density at radius 2 is 2.17 bits per heavy atom. The molecule has 5 nitrogen and oxygen atoms in total. The molecule has 0 atom stereocenters. The molecule has 0 saturated carbocycles. The molecule has 0 aliphatic carbocycles. The number of amides is 1. The van der Waals surface area contributed by atoms with Crippen molar-refractivity contribution >= 4 is 5.91 Å². The molecule has 2 aromatic rings. The Kier molecular flexibility index (Phi) is 6.32. The van der Waals surface area contributed by atoms with E-state index >= 15 is 0 Å². The van der Waals surface area contributed by atoms with E-state index in [0.717, 1.165) is 17.7 Å². The monoisotopic (exact) mass is 323 g/mol. The van der Waals surface area contributed by atoms with Crippen LogP contribution in [0.4, 0.5) is 0 Å². The van der Waals surface area contributed by atoms with Crippen molar-refractivity contribution in [2.45, 2.75) is 26.9 Å². The fourth-order valence-electron chi connectivity index (χ4n) is 2.29. The van der Waals surface area contributed by atoms with Gasteiger partial charge in [0, 0.05) is 17.8 Å². The number of aromatic nitrogens is 1. The van der Waals surface area contributed by atoms with Crippen LogP contribution in [0.25, 0.3) is 0 Å². The van der Waals surface area contributed by atoms with Gasteiger partial charge in [0.2, 0.25) is 0 Å². The van der Waals surface area contributed by atoms with Crippen LogP contribution in [0.5, 0.6) is 5.75 Å². The fraction of sp³-hybridized carbons (Fsp3) is 0.316. The molecule has 0 saturated heterocycles.